The Morgan fingerprint density at radius 1 is 1.26 bits per heavy atom. The lowest BCUT2D eigenvalue weighted by Gasteiger charge is -2.26. The van der Waals surface area contributed by atoms with Crippen LogP contribution in [0.5, 0.6) is 5.75 Å². The lowest BCUT2D eigenvalue weighted by atomic mass is 9.95. The summed E-state index contributed by atoms with van der Waals surface area (Å²) in [5, 5.41) is 3.93. The number of carbonyl (C=O) groups is 1. The van der Waals surface area contributed by atoms with E-state index < -0.39 is 0 Å². The van der Waals surface area contributed by atoms with Crippen molar-refractivity contribution >= 4 is 23.4 Å². The van der Waals surface area contributed by atoms with E-state index in [1.165, 1.54) is 49.6 Å². The fourth-order valence-corrected chi connectivity index (χ4v) is 4.59. The van der Waals surface area contributed by atoms with E-state index in [2.05, 4.69) is 23.7 Å². The standard InChI is InChI=1S/C21H29N3O2S/c1-4-26-19-13-9-8-12-18(19)23-20(25)14-27-21-22-15(2)16(3)24(21)17-10-6-5-7-11-17/h8-9,12-13,17H,4-7,10-11,14H2,1-3H3,(H,23,25). The molecule has 0 bridgehead atoms. The van der Waals surface area contributed by atoms with Crippen LogP contribution < -0.4 is 10.1 Å². The van der Waals surface area contributed by atoms with Gasteiger partial charge in [0.1, 0.15) is 5.75 Å². The minimum absolute atomic E-state index is 0.0411. The molecule has 6 heteroatoms. The summed E-state index contributed by atoms with van der Waals surface area (Å²) in [5.74, 6) is 0.998. The van der Waals surface area contributed by atoms with Crippen LogP contribution >= 0.6 is 11.8 Å². The minimum Gasteiger partial charge on any atom is -0.492 e. The SMILES string of the molecule is CCOc1ccccc1NC(=O)CSc1nc(C)c(C)n1C1CCCCC1. The van der Waals surface area contributed by atoms with Gasteiger partial charge >= 0.3 is 0 Å². The van der Waals surface area contributed by atoms with Gasteiger partial charge in [-0.1, -0.05) is 43.2 Å². The zero-order valence-electron chi connectivity index (χ0n) is 16.5. The highest BCUT2D eigenvalue weighted by Gasteiger charge is 2.22. The number of nitrogens with one attached hydrogen (secondary N) is 1. The molecule has 1 amide bonds. The molecule has 0 aliphatic heterocycles. The molecule has 1 N–H and O–H groups in total. The van der Waals surface area contributed by atoms with Crippen molar-refractivity contribution in [2.45, 2.75) is 64.1 Å². The average Bonchev–Trinajstić information content (AvgIpc) is 2.96. The van der Waals surface area contributed by atoms with Crippen molar-refractivity contribution in [2.24, 2.45) is 0 Å². The van der Waals surface area contributed by atoms with Gasteiger partial charge in [0, 0.05) is 11.7 Å². The Morgan fingerprint density at radius 2 is 2.00 bits per heavy atom. The lowest BCUT2D eigenvalue weighted by Crippen LogP contribution is -2.17. The van der Waals surface area contributed by atoms with E-state index in [-0.39, 0.29) is 5.91 Å². The molecular formula is C21H29N3O2S. The highest BCUT2D eigenvalue weighted by atomic mass is 32.2. The number of nitrogens with zero attached hydrogens (tertiary/aromatic N) is 2. The van der Waals surface area contributed by atoms with Crippen molar-refractivity contribution in [1.82, 2.24) is 9.55 Å². The molecule has 3 rings (SSSR count). The molecule has 5 nitrogen and oxygen atoms in total. The Hall–Kier alpha value is -1.95. The first-order valence-corrected chi connectivity index (χ1v) is 10.8. The molecule has 2 aromatic rings. The first-order chi connectivity index (χ1) is 13.1. The number of anilines is 1. The van der Waals surface area contributed by atoms with Crippen LogP contribution in [0.4, 0.5) is 5.69 Å². The van der Waals surface area contributed by atoms with Gasteiger partial charge < -0.3 is 14.6 Å². The Kier molecular flexibility index (Phi) is 6.83. The normalized spacial score (nSPS) is 14.9. The van der Waals surface area contributed by atoms with E-state index in [9.17, 15) is 4.79 Å². The van der Waals surface area contributed by atoms with Crippen LogP contribution in [-0.4, -0.2) is 27.8 Å². The number of hydrogen-bond donors (Lipinski definition) is 1. The summed E-state index contributed by atoms with van der Waals surface area (Å²) >= 11 is 1.52. The monoisotopic (exact) mass is 387 g/mol. The zero-order valence-corrected chi connectivity index (χ0v) is 17.3. The van der Waals surface area contributed by atoms with Crippen LogP contribution in [0.1, 0.15) is 56.5 Å². The Labute approximate surface area is 165 Å². The number of rotatable bonds is 7. The molecule has 0 saturated heterocycles. The zero-order chi connectivity index (χ0) is 19.2. The van der Waals surface area contributed by atoms with E-state index in [1.807, 2.05) is 31.2 Å². The molecule has 1 fully saturated rings. The van der Waals surface area contributed by atoms with E-state index in [0.717, 1.165) is 10.9 Å². The predicted octanol–water partition coefficient (Wildman–Crippen LogP) is 5.13. The number of amides is 1. The molecule has 1 heterocycles. The molecule has 0 atom stereocenters. The molecule has 0 unspecified atom stereocenters. The predicted molar refractivity (Wildman–Crippen MR) is 111 cm³/mol. The van der Waals surface area contributed by atoms with E-state index in [0.29, 0.717) is 29.8 Å². The topological polar surface area (TPSA) is 56.1 Å². The number of ether oxygens (including phenoxy) is 1. The molecule has 1 aliphatic carbocycles. The highest BCUT2D eigenvalue weighted by Crippen LogP contribution is 2.34. The van der Waals surface area contributed by atoms with Crippen molar-refractivity contribution in [3.8, 4) is 5.75 Å². The number of imidazole rings is 1. The number of thioether (sulfide) groups is 1. The number of carbonyl (C=O) groups excluding carboxylic acids is 1. The third kappa shape index (κ3) is 4.86. The first-order valence-electron chi connectivity index (χ1n) is 9.80. The van der Waals surface area contributed by atoms with Crippen molar-refractivity contribution in [1.29, 1.82) is 0 Å². The molecule has 146 valence electrons. The van der Waals surface area contributed by atoms with Crippen molar-refractivity contribution in [2.75, 3.05) is 17.7 Å². The number of hydrogen-bond acceptors (Lipinski definition) is 4. The lowest BCUT2D eigenvalue weighted by molar-refractivity contribution is -0.113. The van der Waals surface area contributed by atoms with Crippen LogP contribution in [0.3, 0.4) is 0 Å². The molecule has 0 radical (unpaired) electrons. The van der Waals surface area contributed by atoms with Gasteiger partial charge in [-0.25, -0.2) is 4.98 Å². The van der Waals surface area contributed by atoms with Crippen LogP contribution in [0, 0.1) is 13.8 Å². The van der Waals surface area contributed by atoms with Gasteiger partial charge in [-0.15, -0.1) is 0 Å². The van der Waals surface area contributed by atoms with Gasteiger partial charge in [0.25, 0.3) is 0 Å². The second kappa shape index (κ2) is 9.31. The molecule has 0 spiro atoms. The number of para-hydroxylation sites is 2. The maximum atomic E-state index is 12.5. The largest absolute Gasteiger partial charge is 0.492 e. The summed E-state index contributed by atoms with van der Waals surface area (Å²) in [6.07, 6.45) is 6.30. The summed E-state index contributed by atoms with van der Waals surface area (Å²) in [4.78, 5) is 17.2. The molecule has 1 saturated carbocycles. The number of aromatic nitrogens is 2. The maximum Gasteiger partial charge on any atom is 0.234 e. The molecular weight excluding hydrogens is 358 g/mol. The second-order valence-electron chi connectivity index (χ2n) is 6.99. The Morgan fingerprint density at radius 3 is 2.74 bits per heavy atom. The van der Waals surface area contributed by atoms with Crippen LogP contribution in [0.25, 0.3) is 0 Å². The quantitative estimate of drug-likeness (QED) is 0.669. The van der Waals surface area contributed by atoms with Gasteiger partial charge in [0.2, 0.25) is 5.91 Å². The summed E-state index contributed by atoms with van der Waals surface area (Å²) in [6.45, 7) is 6.69. The molecule has 1 aromatic carbocycles. The third-order valence-corrected chi connectivity index (χ3v) is 6.04. The van der Waals surface area contributed by atoms with Crippen LogP contribution in [-0.2, 0) is 4.79 Å². The molecule has 1 aromatic heterocycles. The van der Waals surface area contributed by atoms with Gasteiger partial charge in [-0.3, -0.25) is 4.79 Å². The maximum absolute atomic E-state index is 12.5. The van der Waals surface area contributed by atoms with E-state index >= 15 is 0 Å². The fourth-order valence-electron chi connectivity index (χ4n) is 3.63. The van der Waals surface area contributed by atoms with Gasteiger partial charge in [0.15, 0.2) is 5.16 Å². The minimum atomic E-state index is -0.0411. The van der Waals surface area contributed by atoms with Crippen molar-refractivity contribution in [3.05, 3.63) is 35.7 Å². The highest BCUT2D eigenvalue weighted by molar-refractivity contribution is 7.99. The van der Waals surface area contributed by atoms with E-state index in [4.69, 9.17) is 9.72 Å². The first kappa shape index (κ1) is 19.8. The van der Waals surface area contributed by atoms with Crippen LogP contribution in [0.15, 0.2) is 29.4 Å². The Bertz CT molecular complexity index is 782. The Balaban J connectivity index is 1.66. The summed E-state index contributed by atoms with van der Waals surface area (Å²) in [5.41, 5.74) is 3.00. The summed E-state index contributed by atoms with van der Waals surface area (Å²) in [6, 6.07) is 8.05. The third-order valence-electron chi connectivity index (χ3n) is 5.09. The fraction of sp³-hybridized carbons (Fsp3) is 0.524. The van der Waals surface area contributed by atoms with Gasteiger partial charge in [0.05, 0.1) is 23.7 Å². The van der Waals surface area contributed by atoms with E-state index in [1.54, 1.807) is 0 Å². The number of benzene rings is 1. The average molecular weight is 388 g/mol. The van der Waals surface area contributed by atoms with Crippen LogP contribution in [0.2, 0.25) is 0 Å². The summed E-state index contributed by atoms with van der Waals surface area (Å²) < 4.78 is 7.94. The van der Waals surface area contributed by atoms with Crippen molar-refractivity contribution < 1.29 is 9.53 Å². The second-order valence-corrected chi connectivity index (χ2v) is 7.94. The smallest absolute Gasteiger partial charge is 0.234 e. The molecule has 1 aliphatic rings. The van der Waals surface area contributed by atoms with Crippen molar-refractivity contribution in [3.63, 3.8) is 0 Å². The molecule has 27 heavy (non-hydrogen) atoms. The van der Waals surface area contributed by atoms with Gasteiger partial charge in [-0.05, 0) is 45.7 Å². The van der Waals surface area contributed by atoms with Gasteiger partial charge in [-0.2, -0.15) is 0 Å². The summed E-state index contributed by atoms with van der Waals surface area (Å²) in [7, 11) is 0. The number of aryl methyl sites for hydroxylation is 1.